The molecule has 0 saturated heterocycles. The zero-order valence-electron chi connectivity index (χ0n) is 11.9. The molecule has 0 aliphatic heterocycles. The van der Waals surface area contributed by atoms with Gasteiger partial charge >= 0.3 is 11.9 Å². The Morgan fingerprint density at radius 2 is 1.80 bits per heavy atom. The molecule has 0 aromatic heterocycles. The molecule has 0 unspecified atom stereocenters. The van der Waals surface area contributed by atoms with Gasteiger partial charge in [-0.25, -0.2) is 0 Å². The summed E-state index contributed by atoms with van der Waals surface area (Å²) in [7, 11) is 0. The highest BCUT2D eigenvalue weighted by atomic mass is 16.5. The van der Waals surface area contributed by atoms with Gasteiger partial charge in [-0.15, -0.1) is 0 Å². The number of esters is 1. The lowest BCUT2D eigenvalue weighted by Gasteiger charge is -2.37. The van der Waals surface area contributed by atoms with E-state index in [1.807, 2.05) is 0 Å². The van der Waals surface area contributed by atoms with Crippen LogP contribution in [0, 0.1) is 0 Å². The van der Waals surface area contributed by atoms with Gasteiger partial charge in [0.15, 0.2) is 0 Å². The number of hydrogen-bond donors (Lipinski definition) is 2. The van der Waals surface area contributed by atoms with E-state index in [0.717, 1.165) is 19.3 Å². The van der Waals surface area contributed by atoms with E-state index in [2.05, 4.69) is 5.32 Å². The third kappa shape index (κ3) is 5.59. The minimum absolute atomic E-state index is 0.0306. The Kier molecular flexibility index (Phi) is 6.48. The molecule has 0 bridgehead atoms. The fraction of sp³-hybridized carbons (Fsp3) is 0.786. The number of amides is 1. The maximum atomic E-state index is 11.9. The predicted octanol–water partition coefficient (Wildman–Crippen LogP) is 1.62. The van der Waals surface area contributed by atoms with Gasteiger partial charge in [-0.3, -0.25) is 14.4 Å². The normalized spacial score (nSPS) is 17.2. The van der Waals surface area contributed by atoms with Crippen molar-refractivity contribution in [3.8, 4) is 0 Å². The average Bonchev–Trinajstić information content (AvgIpc) is 2.36. The number of carboxylic acid groups (broad SMARTS) is 1. The van der Waals surface area contributed by atoms with Crippen LogP contribution in [-0.2, 0) is 19.1 Å². The van der Waals surface area contributed by atoms with Crippen molar-refractivity contribution >= 4 is 17.8 Å². The number of carbonyl (C=O) groups excluding carboxylic acids is 2. The molecule has 0 atom stereocenters. The Balaban J connectivity index is 2.49. The third-order valence-electron chi connectivity index (χ3n) is 3.57. The van der Waals surface area contributed by atoms with Gasteiger partial charge in [-0.1, -0.05) is 19.3 Å². The van der Waals surface area contributed by atoms with Crippen molar-refractivity contribution in [3.05, 3.63) is 0 Å². The van der Waals surface area contributed by atoms with Crippen LogP contribution in [0.4, 0.5) is 0 Å². The molecule has 1 aliphatic carbocycles. The van der Waals surface area contributed by atoms with Crippen molar-refractivity contribution in [2.75, 3.05) is 6.61 Å². The summed E-state index contributed by atoms with van der Waals surface area (Å²) in [6.07, 6.45) is 4.30. The minimum atomic E-state index is -0.905. The highest BCUT2D eigenvalue weighted by Crippen LogP contribution is 2.31. The first-order valence-electron chi connectivity index (χ1n) is 7.16. The molecule has 20 heavy (non-hydrogen) atoms. The summed E-state index contributed by atoms with van der Waals surface area (Å²) in [4.78, 5) is 34.1. The Labute approximate surface area is 118 Å². The van der Waals surface area contributed by atoms with Crippen LogP contribution in [-0.4, -0.2) is 35.1 Å². The third-order valence-corrected chi connectivity index (χ3v) is 3.57. The van der Waals surface area contributed by atoms with Crippen LogP contribution in [0.2, 0.25) is 0 Å². The van der Waals surface area contributed by atoms with Crippen LogP contribution in [0.3, 0.4) is 0 Å². The van der Waals surface area contributed by atoms with E-state index in [1.54, 1.807) is 6.92 Å². The van der Waals surface area contributed by atoms with Crippen LogP contribution in [0.1, 0.15) is 58.3 Å². The van der Waals surface area contributed by atoms with Crippen LogP contribution >= 0.6 is 0 Å². The van der Waals surface area contributed by atoms with Gasteiger partial charge in [0.2, 0.25) is 5.91 Å². The molecule has 2 N–H and O–H groups in total. The van der Waals surface area contributed by atoms with E-state index in [9.17, 15) is 14.4 Å². The van der Waals surface area contributed by atoms with Crippen molar-refractivity contribution in [2.24, 2.45) is 0 Å². The van der Waals surface area contributed by atoms with Gasteiger partial charge in [0.25, 0.3) is 0 Å². The molecule has 0 heterocycles. The summed E-state index contributed by atoms with van der Waals surface area (Å²) in [6, 6.07) is 0. The standard InChI is InChI=1S/C14H23NO5/c1-2-20-13(19)7-6-11(16)15-14(10-12(17)18)8-4-3-5-9-14/h2-10H2,1H3,(H,15,16)(H,17,18). The summed E-state index contributed by atoms with van der Waals surface area (Å²) in [5, 5.41) is 11.8. The lowest BCUT2D eigenvalue weighted by Crippen LogP contribution is -2.51. The number of ether oxygens (including phenoxy) is 1. The van der Waals surface area contributed by atoms with Crippen molar-refractivity contribution < 1.29 is 24.2 Å². The molecule has 1 rings (SSSR count). The van der Waals surface area contributed by atoms with Crippen molar-refractivity contribution in [3.63, 3.8) is 0 Å². The van der Waals surface area contributed by atoms with Crippen molar-refractivity contribution in [1.82, 2.24) is 5.32 Å². The minimum Gasteiger partial charge on any atom is -0.481 e. The molecule has 0 spiro atoms. The molecule has 0 aromatic rings. The van der Waals surface area contributed by atoms with Gasteiger partial charge < -0.3 is 15.2 Å². The Morgan fingerprint density at radius 3 is 2.35 bits per heavy atom. The first kappa shape index (κ1) is 16.5. The fourth-order valence-corrected chi connectivity index (χ4v) is 2.67. The SMILES string of the molecule is CCOC(=O)CCC(=O)NC1(CC(=O)O)CCCCC1. The topological polar surface area (TPSA) is 92.7 Å². The van der Waals surface area contributed by atoms with E-state index < -0.39 is 17.5 Å². The molecule has 0 aromatic carbocycles. The van der Waals surface area contributed by atoms with E-state index >= 15 is 0 Å². The monoisotopic (exact) mass is 285 g/mol. The zero-order chi connectivity index (χ0) is 15.0. The Morgan fingerprint density at radius 1 is 1.15 bits per heavy atom. The zero-order valence-corrected chi connectivity index (χ0v) is 11.9. The fourth-order valence-electron chi connectivity index (χ4n) is 2.67. The summed E-state index contributed by atoms with van der Waals surface area (Å²) in [5.74, 6) is -1.59. The molecular weight excluding hydrogens is 262 g/mol. The molecule has 6 heteroatoms. The van der Waals surface area contributed by atoms with E-state index in [0.29, 0.717) is 19.4 Å². The van der Waals surface area contributed by atoms with Gasteiger partial charge in [-0.2, -0.15) is 0 Å². The van der Waals surface area contributed by atoms with E-state index in [1.165, 1.54) is 0 Å². The lowest BCUT2D eigenvalue weighted by atomic mass is 9.79. The van der Waals surface area contributed by atoms with Crippen molar-refractivity contribution in [2.45, 2.75) is 63.8 Å². The van der Waals surface area contributed by atoms with Crippen molar-refractivity contribution in [1.29, 1.82) is 0 Å². The molecule has 0 radical (unpaired) electrons. The number of carbonyl (C=O) groups is 3. The van der Waals surface area contributed by atoms with Crippen LogP contribution in [0.15, 0.2) is 0 Å². The van der Waals surface area contributed by atoms with Crippen LogP contribution < -0.4 is 5.32 Å². The number of hydrogen-bond acceptors (Lipinski definition) is 4. The summed E-state index contributed by atoms with van der Waals surface area (Å²) < 4.78 is 4.76. The average molecular weight is 285 g/mol. The number of aliphatic carboxylic acids is 1. The van der Waals surface area contributed by atoms with Gasteiger partial charge in [0.05, 0.1) is 25.0 Å². The Hall–Kier alpha value is -1.59. The van der Waals surface area contributed by atoms with E-state index in [4.69, 9.17) is 9.84 Å². The lowest BCUT2D eigenvalue weighted by molar-refractivity contribution is -0.145. The maximum absolute atomic E-state index is 11.9. The van der Waals surface area contributed by atoms with Gasteiger partial charge in [-0.05, 0) is 19.8 Å². The highest BCUT2D eigenvalue weighted by molar-refractivity contribution is 5.82. The highest BCUT2D eigenvalue weighted by Gasteiger charge is 2.35. The molecule has 1 aliphatic rings. The van der Waals surface area contributed by atoms with Crippen LogP contribution in [0.25, 0.3) is 0 Å². The number of carboxylic acids is 1. The quantitative estimate of drug-likeness (QED) is 0.693. The van der Waals surface area contributed by atoms with E-state index in [-0.39, 0.29) is 25.2 Å². The largest absolute Gasteiger partial charge is 0.481 e. The second kappa shape index (κ2) is 7.87. The second-order valence-corrected chi connectivity index (χ2v) is 5.26. The first-order valence-corrected chi connectivity index (χ1v) is 7.16. The molecule has 1 amide bonds. The summed E-state index contributed by atoms with van der Waals surface area (Å²) in [5.41, 5.74) is -0.643. The molecule has 6 nitrogen and oxygen atoms in total. The van der Waals surface area contributed by atoms with Crippen LogP contribution in [0.5, 0.6) is 0 Å². The second-order valence-electron chi connectivity index (χ2n) is 5.26. The summed E-state index contributed by atoms with van der Waals surface area (Å²) in [6.45, 7) is 2.01. The van der Waals surface area contributed by atoms with Gasteiger partial charge in [0, 0.05) is 6.42 Å². The number of nitrogens with one attached hydrogen (secondary N) is 1. The predicted molar refractivity (Wildman–Crippen MR) is 72.1 cm³/mol. The molecular formula is C14H23NO5. The Bertz CT molecular complexity index is 361. The molecule has 1 saturated carbocycles. The summed E-state index contributed by atoms with van der Waals surface area (Å²) >= 11 is 0. The molecule has 1 fully saturated rings. The number of rotatable bonds is 7. The van der Waals surface area contributed by atoms with Gasteiger partial charge in [0.1, 0.15) is 0 Å². The smallest absolute Gasteiger partial charge is 0.306 e. The first-order chi connectivity index (χ1) is 9.47. The molecule has 114 valence electrons. The maximum Gasteiger partial charge on any atom is 0.306 e.